The standard InChI is InChI=1S/C15H25N2.CH4O3S/c1-3-17(4-2)13-8-11-16(12-14-17)15-9-6-5-7-10-15;1-5(2,3)4/h5-7,9-10H,3-4,8,11-14H2,1-2H3;1H3,(H,2,3,4)/q+1;/p-1. The number of para-hydroxylation sites is 1. The molecule has 0 N–H and O–H groups in total. The molecule has 0 radical (unpaired) electrons. The SMILES string of the molecule is CC[N+]1(CC)CCCN(c2ccccc2)CC1.CS(=O)(=O)[O-]. The Morgan fingerprint density at radius 1 is 1.09 bits per heavy atom. The molecule has 0 aromatic heterocycles. The van der Waals surface area contributed by atoms with Gasteiger partial charge in [-0.25, -0.2) is 8.42 Å². The lowest BCUT2D eigenvalue weighted by Gasteiger charge is -2.35. The van der Waals surface area contributed by atoms with Gasteiger partial charge in [-0.2, -0.15) is 0 Å². The molecule has 1 aromatic carbocycles. The molecule has 0 aliphatic carbocycles. The zero-order valence-electron chi connectivity index (χ0n) is 13.9. The van der Waals surface area contributed by atoms with Crippen LogP contribution >= 0.6 is 0 Å². The average Bonchev–Trinajstić information content (AvgIpc) is 2.69. The van der Waals surface area contributed by atoms with Gasteiger partial charge in [-0.3, -0.25) is 0 Å². The van der Waals surface area contributed by atoms with E-state index in [0.717, 1.165) is 0 Å². The van der Waals surface area contributed by atoms with E-state index in [2.05, 4.69) is 49.1 Å². The molecule has 0 saturated carbocycles. The second-order valence-electron chi connectivity index (χ2n) is 5.80. The quantitative estimate of drug-likeness (QED) is 0.628. The number of hydrogen-bond acceptors (Lipinski definition) is 4. The van der Waals surface area contributed by atoms with Gasteiger partial charge in [0, 0.05) is 24.9 Å². The van der Waals surface area contributed by atoms with Crippen molar-refractivity contribution in [2.75, 3.05) is 50.4 Å². The summed E-state index contributed by atoms with van der Waals surface area (Å²) in [5.74, 6) is 0. The first-order valence-corrected chi connectivity index (χ1v) is 9.67. The molecule has 2 rings (SSSR count). The van der Waals surface area contributed by atoms with Gasteiger partial charge in [-0.1, -0.05) is 18.2 Å². The van der Waals surface area contributed by atoms with Crippen molar-refractivity contribution in [2.45, 2.75) is 20.3 Å². The molecule has 22 heavy (non-hydrogen) atoms. The summed E-state index contributed by atoms with van der Waals surface area (Å²) in [6, 6.07) is 10.8. The molecule has 0 unspecified atom stereocenters. The molecule has 0 atom stereocenters. The van der Waals surface area contributed by atoms with Crippen LogP contribution in [0.5, 0.6) is 0 Å². The fourth-order valence-electron chi connectivity index (χ4n) is 2.91. The van der Waals surface area contributed by atoms with Gasteiger partial charge in [0.2, 0.25) is 0 Å². The van der Waals surface area contributed by atoms with E-state index in [9.17, 15) is 0 Å². The minimum absolute atomic E-state index is 0.604. The first-order valence-electron chi connectivity index (χ1n) is 7.85. The van der Waals surface area contributed by atoms with Gasteiger partial charge in [0.05, 0.1) is 42.8 Å². The summed E-state index contributed by atoms with van der Waals surface area (Å²) in [5.41, 5.74) is 1.39. The van der Waals surface area contributed by atoms with Crippen LogP contribution in [-0.4, -0.2) is 63.0 Å². The van der Waals surface area contributed by atoms with Crippen LogP contribution in [0.4, 0.5) is 5.69 Å². The summed E-state index contributed by atoms with van der Waals surface area (Å²) in [6.45, 7) is 12.3. The smallest absolute Gasteiger partial charge is 0.0964 e. The average molecular weight is 328 g/mol. The van der Waals surface area contributed by atoms with E-state index in [4.69, 9.17) is 13.0 Å². The minimum atomic E-state index is -3.92. The van der Waals surface area contributed by atoms with Crippen molar-refractivity contribution < 1.29 is 17.5 Å². The number of nitrogens with zero attached hydrogens (tertiary/aromatic N) is 2. The summed E-state index contributed by atoms with van der Waals surface area (Å²) in [7, 11) is -3.92. The third kappa shape index (κ3) is 6.77. The van der Waals surface area contributed by atoms with Crippen LogP contribution in [0.2, 0.25) is 0 Å². The second kappa shape index (κ2) is 8.50. The van der Waals surface area contributed by atoms with Crippen LogP contribution in [0, 0.1) is 0 Å². The largest absolute Gasteiger partial charge is 0.748 e. The van der Waals surface area contributed by atoms with Crippen LogP contribution in [0.15, 0.2) is 30.3 Å². The maximum Gasteiger partial charge on any atom is 0.0964 e. The third-order valence-corrected chi connectivity index (χ3v) is 4.37. The van der Waals surface area contributed by atoms with Gasteiger partial charge in [0.25, 0.3) is 0 Å². The van der Waals surface area contributed by atoms with Crippen molar-refractivity contribution in [3.8, 4) is 0 Å². The highest BCUT2D eigenvalue weighted by molar-refractivity contribution is 7.84. The fourth-order valence-corrected chi connectivity index (χ4v) is 2.91. The minimum Gasteiger partial charge on any atom is -0.748 e. The summed E-state index contributed by atoms with van der Waals surface area (Å²) < 4.78 is 28.5. The van der Waals surface area contributed by atoms with Crippen LogP contribution < -0.4 is 4.90 Å². The van der Waals surface area contributed by atoms with Crippen molar-refractivity contribution in [2.24, 2.45) is 0 Å². The number of quaternary nitrogens is 1. The van der Waals surface area contributed by atoms with Gasteiger partial charge in [-0.15, -0.1) is 0 Å². The maximum absolute atomic E-state index is 9.08. The highest BCUT2D eigenvalue weighted by atomic mass is 32.2. The summed E-state index contributed by atoms with van der Waals surface area (Å²) in [4.78, 5) is 2.55. The van der Waals surface area contributed by atoms with Crippen LogP contribution in [0.1, 0.15) is 20.3 Å². The topological polar surface area (TPSA) is 60.4 Å². The predicted octanol–water partition coefficient (Wildman–Crippen LogP) is 1.91. The first-order chi connectivity index (χ1) is 10.3. The van der Waals surface area contributed by atoms with E-state index >= 15 is 0 Å². The summed E-state index contributed by atoms with van der Waals surface area (Å²) in [6.07, 6.45) is 1.92. The van der Waals surface area contributed by atoms with Crippen LogP contribution in [0.25, 0.3) is 0 Å². The molecule has 5 nitrogen and oxygen atoms in total. The lowest BCUT2D eigenvalue weighted by atomic mass is 10.3. The van der Waals surface area contributed by atoms with Gasteiger partial charge in [0.1, 0.15) is 0 Å². The highest BCUT2D eigenvalue weighted by Crippen LogP contribution is 2.19. The number of rotatable bonds is 3. The number of benzene rings is 1. The van der Waals surface area contributed by atoms with E-state index < -0.39 is 10.1 Å². The zero-order valence-corrected chi connectivity index (χ0v) is 14.7. The van der Waals surface area contributed by atoms with Crippen molar-refractivity contribution in [3.63, 3.8) is 0 Å². The van der Waals surface area contributed by atoms with E-state index in [1.165, 1.54) is 55.9 Å². The zero-order chi connectivity index (χ0) is 16.6. The Morgan fingerprint density at radius 2 is 1.64 bits per heavy atom. The Bertz CT molecular complexity index is 520. The molecule has 0 amide bonds. The Hall–Kier alpha value is -1.11. The predicted molar refractivity (Wildman–Crippen MR) is 90.0 cm³/mol. The Morgan fingerprint density at radius 3 is 2.14 bits per heavy atom. The van der Waals surface area contributed by atoms with Gasteiger partial charge in [0.15, 0.2) is 0 Å². The number of likely N-dealkylation sites (N-methyl/N-ethyl adjacent to an activating group) is 1. The second-order valence-corrected chi connectivity index (χ2v) is 7.21. The molecule has 1 heterocycles. The van der Waals surface area contributed by atoms with Gasteiger partial charge >= 0.3 is 0 Å². The fraction of sp³-hybridized carbons (Fsp3) is 0.625. The van der Waals surface area contributed by atoms with Crippen molar-refractivity contribution >= 4 is 15.8 Å². The maximum atomic E-state index is 9.08. The monoisotopic (exact) mass is 328 g/mol. The number of hydrogen-bond donors (Lipinski definition) is 0. The van der Waals surface area contributed by atoms with E-state index in [1.54, 1.807) is 0 Å². The number of anilines is 1. The summed E-state index contributed by atoms with van der Waals surface area (Å²) >= 11 is 0. The van der Waals surface area contributed by atoms with Crippen molar-refractivity contribution in [1.82, 2.24) is 0 Å². The first kappa shape index (κ1) is 18.9. The third-order valence-electron chi connectivity index (χ3n) is 4.37. The molecule has 1 fully saturated rings. The van der Waals surface area contributed by atoms with Crippen molar-refractivity contribution in [1.29, 1.82) is 0 Å². The lowest BCUT2D eigenvalue weighted by Crippen LogP contribution is -2.50. The van der Waals surface area contributed by atoms with Crippen LogP contribution in [-0.2, 0) is 10.1 Å². The molecule has 1 saturated heterocycles. The molecular formula is C16H28N2O3S. The van der Waals surface area contributed by atoms with Crippen molar-refractivity contribution in [3.05, 3.63) is 30.3 Å². The van der Waals surface area contributed by atoms with E-state index in [0.29, 0.717) is 6.26 Å². The normalized spacial score (nSPS) is 18.1. The molecule has 0 bridgehead atoms. The van der Waals surface area contributed by atoms with Gasteiger partial charge in [-0.05, 0) is 26.0 Å². The molecule has 1 aromatic rings. The van der Waals surface area contributed by atoms with E-state index in [-0.39, 0.29) is 0 Å². The molecule has 0 spiro atoms. The molecule has 126 valence electrons. The lowest BCUT2D eigenvalue weighted by molar-refractivity contribution is -0.922. The Labute approximate surface area is 134 Å². The summed E-state index contributed by atoms with van der Waals surface area (Å²) in [5, 5.41) is 0. The molecule has 6 heteroatoms. The van der Waals surface area contributed by atoms with Crippen LogP contribution in [0.3, 0.4) is 0 Å². The molecular weight excluding hydrogens is 300 g/mol. The van der Waals surface area contributed by atoms with E-state index in [1.807, 2.05) is 0 Å². The molecule has 1 aliphatic heterocycles. The molecule has 1 aliphatic rings. The van der Waals surface area contributed by atoms with Gasteiger partial charge < -0.3 is 13.9 Å². The highest BCUT2D eigenvalue weighted by Gasteiger charge is 2.27. The Balaban J connectivity index is 0.000000422. The Kier molecular flexibility index (Phi) is 7.32.